The molecule has 2 atom stereocenters. The van der Waals surface area contributed by atoms with E-state index in [1.165, 1.54) is 33.4 Å². The van der Waals surface area contributed by atoms with Crippen LogP contribution in [0.2, 0.25) is 10.0 Å². The molecule has 352 valence electrons. The van der Waals surface area contributed by atoms with E-state index in [0.717, 1.165) is 137 Å². The smallest absolute Gasteiger partial charge is 0.226 e. The van der Waals surface area contributed by atoms with Crippen LogP contribution >= 0.6 is 86.9 Å². The molecule has 2 saturated heterocycles. The highest BCUT2D eigenvalue weighted by molar-refractivity contribution is 9.11. The number of hydrogen-bond donors (Lipinski definition) is 2. The molecule has 10 nitrogen and oxygen atoms in total. The van der Waals surface area contributed by atoms with Gasteiger partial charge < -0.3 is 9.80 Å². The third-order valence-electron chi connectivity index (χ3n) is 14.0. The van der Waals surface area contributed by atoms with E-state index in [4.69, 9.17) is 33.2 Å². The van der Waals surface area contributed by atoms with Crippen molar-refractivity contribution in [3.05, 3.63) is 182 Å². The summed E-state index contributed by atoms with van der Waals surface area (Å²) < 4.78 is 6.06. The van der Waals surface area contributed by atoms with Gasteiger partial charge in [-0.05, 0) is 176 Å². The van der Waals surface area contributed by atoms with E-state index in [9.17, 15) is 20.0 Å². The topological polar surface area (TPSA) is 115 Å². The fourth-order valence-corrected chi connectivity index (χ4v) is 13.7. The summed E-state index contributed by atoms with van der Waals surface area (Å²) in [4.78, 5) is 39.6. The largest absolute Gasteiger partial charge is 0.342 e. The SMILES string of the molecule is O=C(Cc1cc[n+](O)cc1)N1CCC(C2c3ncc(Br)cc3CCc3cc(Cl)cc(Br)c32)CC1.O=C(Cc1cc[n+](O)cc1)N1CCC(C2c3ncc(Br)cc3CCc3cc(Cl)cc(Br)c32)CC1. The summed E-state index contributed by atoms with van der Waals surface area (Å²) in [7, 11) is 0. The molecule has 0 saturated carbocycles. The summed E-state index contributed by atoms with van der Waals surface area (Å²) in [5, 5.41) is 20.3. The number of hydrogen-bond acceptors (Lipinski definition) is 6. The molecule has 68 heavy (non-hydrogen) atoms. The van der Waals surface area contributed by atoms with Crippen molar-refractivity contribution in [2.75, 3.05) is 26.2 Å². The summed E-state index contributed by atoms with van der Waals surface area (Å²) in [6.07, 6.45) is 18.1. The highest BCUT2D eigenvalue weighted by Gasteiger charge is 2.38. The van der Waals surface area contributed by atoms with Gasteiger partial charge in [-0.15, -0.1) is 0 Å². The molecule has 6 aromatic rings. The van der Waals surface area contributed by atoms with Crippen LogP contribution in [0, 0.1) is 11.8 Å². The predicted molar refractivity (Wildman–Crippen MR) is 274 cm³/mol. The van der Waals surface area contributed by atoms with Crippen LogP contribution in [-0.2, 0) is 48.1 Å². The highest BCUT2D eigenvalue weighted by Crippen LogP contribution is 2.48. The van der Waals surface area contributed by atoms with Gasteiger partial charge in [-0.2, -0.15) is 0 Å². The van der Waals surface area contributed by atoms with Gasteiger partial charge in [0.1, 0.15) is 0 Å². The lowest BCUT2D eigenvalue weighted by Gasteiger charge is -2.37. The van der Waals surface area contributed by atoms with E-state index >= 15 is 0 Å². The van der Waals surface area contributed by atoms with Crippen LogP contribution in [0.4, 0.5) is 0 Å². The lowest BCUT2D eigenvalue weighted by molar-refractivity contribution is -0.904. The van der Waals surface area contributed by atoms with Crippen LogP contribution in [0.3, 0.4) is 0 Å². The van der Waals surface area contributed by atoms with Crippen LogP contribution in [0.1, 0.15) is 93.4 Å². The number of likely N-dealkylation sites (tertiary alicyclic amines) is 2. The monoisotopic (exact) mass is 1210 g/mol. The van der Waals surface area contributed by atoms with Crippen LogP contribution in [0.5, 0.6) is 0 Å². The van der Waals surface area contributed by atoms with Gasteiger partial charge in [0, 0.05) is 112 Å². The van der Waals surface area contributed by atoms with E-state index in [0.29, 0.717) is 24.7 Å². The second-order valence-corrected chi connectivity index (χ2v) is 22.6. The van der Waals surface area contributed by atoms with Gasteiger partial charge in [-0.25, -0.2) is 0 Å². The molecule has 0 radical (unpaired) electrons. The number of pyridine rings is 4. The molecule has 0 bridgehead atoms. The van der Waals surface area contributed by atoms with Gasteiger partial charge >= 0.3 is 0 Å². The zero-order chi connectivity index (χ0) is 47.6. The van der Waals surface area contributed by atoms with E-state index in [-0.39, 0.29) is 23.7 Å². The molecule has 2 N–H and O–H groups in total. The third kappa shape index (κ3) is 11.2. The number of fused-ring (bicyclic) bond motifs is 4. The van der Waals surface area contributed by atoms with Crippen molar-refractivity contribution in [3.8, 4) is 0 Å². The first-order valence-corrected chi connectivity index (χ1v) is 26.9. The summed E-state index contributed by atoms with van der Waals surface area (Å²) >= 11 is 27.7. The van der Waals surface area contributed by atoms with Crippen molar-refractivity contribution in [1.29, 1.82) is 0 Å². The molecule has 16 heteroatoms. The van der Waals surface area contributed by atoms with Gasteiger partial charge in [0.25, 0.3) is 0 Å². The van der Waals surface area contributed by atoms with Crippen LogP contribution in [0.15, 0.2) is 116 Å². The maximum atomic E-state index is 12.9. The van der Waals surface area contributed by atoms with Crippen molar-refractivity contribution in [2.24, 2.45) is 11.8 Å². The number of benzene rings is 2. The first-order valence-electron chi connectivity index (χ1n) is 23.0. The normalized spacial score (nSPS) is 18.2. The Hall–Kier alpha value is -3.92. The number of piperidine rings is 2. The number of amides is 2. The number of aryl methyl sites for hydroxylation is 4. The fraction of sp³-hybridized carbons (Fsp3) is 0.346. The van der Waals surface area contributed by atoms with Gasteiger partial charge in [0.05, 0.1) is 24.2 Å². The molecule has 2 aliphatic carbocycles. The minimum absolute atomic E-state index is 0.130. The molecule has 2 fully saturated rings. The number of nitrogens with zero attached hydrogens (tertiary/aromatic N) is 6. The molecule has 4 aromatic heterocycles. The minimum atomic E-state index is 0.130. The highest BCUT2D eigenvalue weighted by atomic mass is 79.9. The average Bonchev–Trinajstić information content (AvgIpc) is 3.58. The zero-order valence-electron chi connectivity index (χ0n) is 37.1. The third-order valence-corrected chi connectivity index (χ3v) is 16.7. The first kappa shape index (κ1) is 49.1. The average molecular weight is 1210 g/mol. The summed E-state index contributed by atoms with van der Waals surface area (Å²) in [6, 6.07) is 19.7. The lowest BCUT2D eigenvalue weighted by atomic mass is 9.76. The van der Waals surface area contributed by atoms with Gasteiger partial charge in [-0.3, -0.25) is 30.0 Å². The fourth-order valence-electron chi connectivity index (χ4n) is 10.7. The number of carbonyl (C=O) groups is 2. The molecule has 4 aliphatic rings. The minimum Gasteiger partial charge on any atom is -0.342 e. The standard InChI is InChI=1S/2C26H25Br2ClN3O2/c2*27-20-12-19-2-1-18-13-21(29)14-22(28)24(18)25(26(19)30-15-20)17-5-7-31(8-6-17)23(33)11-16-3-9-32(34)10-4-16/h2*3-4,9-10,12-15,17,25,34H,1-2,5-8,11H2/q2*+1. The second-order valence-electron chi connectivity index (χ2n) is 18.2. The molecule has 0 spiro atoms. The van der Waals surface area contributed by atoms with Crippen molar-refractivity contribution in [2.45, 2.75) is 76.0 Å². The summed E-state index contributed by atoms with van der Waals surface area (Å²) in [5.41, 5.74) is 11.8. The molecule has 2 aliphatic heterocycles. The van der Waals surface area contributed by atoms with Crippen LogP contribution in [0.25, 0.3) is 0 Å². The number of aromatic nitrogens is 4. The van der Waals surface area contributed by atoms with Gasteiger partial charge in [-0.1, -0.05) is 55.1 Å². The van der Waals surface area contributed by atoms with Crippen LogP contribution in [-0.4, -0.2) is 68.2 Å². The summed E-state index contributed by atoms with van der Waals surface area (Å²) in [5.74, 6) is 1.36. The Morgan fingerprint density at radius 1 is 0.559 bits per heavy atom. The van der Waals surface area contributed by atoms with E-state index < -0.39 is 0 Å². The van der Waals surface area contributed by atoms with E-state index in [2.05, 4.69) is 88.0 Å². The Balaban J connectivity index is 0.000000170. The number of halogens is 6. The zero-order valence-corrected chi connectivity index (χ0v) is 45.0. The molecular formula is C52H50Br4Cl2N6O4+2. The summed E-state index contributed by atoms with van der Waals surface area (Å²) in [6.45, 7) is 2.94. The molecule has 10 rings (SSSR count). The van der Waals surface area contributed by atoms with Crippen molar-refractivity contribution < 1.29 is 29.5 Å². The number of carbonyl (C=O) groups excluding carboxylic acids is 2. The molecule has 6 heterocycles. The number of rotatable bonds is 6. The van der Waals surface area contributed by atoms with Gasteiger partial charge in [0.15, 0.2) is 0 Å². The van der Waals surface area contributed by atoms with Crippen molar-refractivity contribution in [3.63, 3.8) is 0 Å². The second kappa shape index (κ2) is 21.6. The maximum Gasteiger partial charge on any atom is 0.226 e. The van der Waals surface area contributed by atoms with Crippen molar-refractivity contribution >= 4 is 98.7 Å². The van der Waals surface area contributed by atoms with E-state index in [1.54, 1.807) is 49.1 Å². The van der Waals surface area contributed by atoms with E-state index in [1.807, 2.05) is 34.3 Å². The quantitative estimate of drug-likeness (QED) is 0.127. The molecule has 2 unspecified atom stereocenters. The lowest BCUT2D eigenvalue weighted by Crippen LogP contribution is -2.41. The van der Waals surface area contributed by atoms with Crippen molar-refractivity contribution in [1.82, 2.24) is 19.8 Å². The van der Waals surface area contributed by atoms with Gasteiger partial charge in [0.2, 0.25) is 36.6 Å². The molecule has 2 aromatic carbocycles. The predicted octanol–water partition coefficient (Wildman–Crippen LogP) is 11.0. The maximum absolute atomic E-state index is 12.9. The molecule has 2 amide bonds. The Kier molecular flexibility index (Phi) is 15.6. The Labute approximate surface area is 440 Å². The Bertz CT molecular complexity index is 2650. The Morgan fingerprint density at radius 3 is 1.28 bits per heavy atom. The Morgan fingerprint density at radius 2 is 0.912 bits per heavy atom. The first-order chi connectivity index (χ1) is 32.8. The van der Waals surface area contributed by atoms with Crippen LogP contribution < -0.4 is 9.46 Å². The molecular weight excluding hydrogens is 1160 g/mol.